The molecule has 2 aromatic rings. The fraction of sp³-hybridized carbons (Fsp3) is 0.263. The van der Waals surface area contributed by atoms with Gasteiger partial charge in [-0.05, 0) is 36.8 Å². The lowest BCUT2D eigenvalue weighted by Gasteiger charge is -2.26. The van der Waals surface area contributed by atoms with Crippen LogP contribution in [0, 0.1) is 0 Å². The van der Waals surface area contributed by atoms with Crippen molar-refractivity contribution in [3.63, 3.8) is 0 Å². The standard InChI is InChI=1S/C19H21ClN2O3/c1-14(25-17-9-7-16(20)8-10-17)19(24)22(12-11-18(21)23)13-15-5-3-2-4-6-15/h2-10,14H,11-13H2,1H3,(H2,21,23). The normalized spacial score (nSPS) is 11.6. The highest BCUT2D eigenvalue weighted by molar-refractivity contribution is 6.30. The molecule has 2 N–H and O–H groups in total. The molecule has 1 atom stereocenters. The molecule has 0 heterocycles. The van der Waals surface area contributed by atoms with Crippen LogP contribution in [0.25, 0.3) is 0 Å². The summed E-state index contributed by atoms with van der Waals surface area (Å²) in [7, 11) is 0. The summed E-state index contributed by atoms with van der Waals surface area (Å²) in [5, 5.41) is 0.596. The van der Waals surface area contributed by atoms with Gasteiger partial charge < -0.3 is 15.4 Å². The van der Waals surface area contributed by atoms with Gasteiger partial charge in [0.1, 0.15) is 5.75 Å². The third-order valence-corrected chi connectivity index (χ3v) is 3.88. The van der Waals surface area contributed by atoms with Crippen molar-refractivity contribution in [1.29, 1.82) is 0 Å². The third kappa shape index (κ3) is 6.12. The molecule has 2 aromatic carbocycles. The molecule has 0 saturated heterocycles. The van der Waals surface area contributed by atoms with E-state index in [0.29, 0.717) is 17.3 Å². The maximum atomic E-state index is 12.8. The molecule has 0 fully saturated rings. The molecule has 0 saturated carbocycles. The molecule has 6 heteroatoms. The van der Waals surface area contributed by atoms with E-state index in [2.05, 4.69) is 0 Å². The number of hydrogen-bond donors (Lipinski definition) is 1. The van der Waals surface area contributed by atoms with E-state index in [4.69, 9.17) is 22.1 Å². The van der Waals surface area contributed by atoms with Gasteiger partial charge in [-0.1, -0.05) is 41.9 Å². The number of carbonyl (C=O) groups excluding carboxylic acids is 2. The van der Waals surface area contributed by atoms with Crippen molar-refractivity contribution in [2.45, 2.75) is 26.0 Å². The van der Waals surface area contributed by atoms with E-state index in [1.165, 1.54) is 0 Å². The van der Waals surface area contributed by atoms with Gasteiger partial charge in [-0.3, -0.25) is 9.59 Å². The van der Waals surface area contributed by atoms with Crippen LogP contribution >= 0.6 is 11.6 Å². The summed E-state index contributed by atoms with van der Waals surface area (Å²) in [4.78, 5) is 25.5. The Hall–Kier alpha value is -2.53. The van der Waals surface area contributed by atoms with Gasteiger partial charge in [0, 0.05) is 24.5 Å². The number of carbonyl (C=O) groups is 2. The quantitative estimate of drug-likeness (QED) is 0.786. The Kier molecular flexibility index (Phi) is 6.83. The minimum atomic E-state index is -0.697. The zero-order valence-corrected chi connectivity index (χ0v) is 14.8. The van der Waals surface area contributed by atoms with Crippen molar-refractivity contribution < 1.29 is 14.3 Å². The maximum Gasteiger partial charge on any atom is 0.263 e. The summed E-state index contributed by atoms with van der Waals surface area (Å²) < 4.78 is 5.69. The second-order valence-corrected chi connectivity index (χ2v) is 6.11. The van der Waals surface area contributed by atoms with Crippen LogP contribution in [0.3, 0.4) is 0 Å². The summed E-state index contributed by atoms with van der Waals surface area (Å²) >= 11 is 5.85. The largest absolute Gasteiger partial charge is 0.481 e. The summed E-state index contributed by atoms with van der Waals surface area (Å²) in [5.74, 6) is -0.100. The average molecular weight is 361 g/mol. The van der Waals surface area contributed by atoms with E-state index in [0.717, 1.165) is 5.56 Å². The predicted octanol–water partition coefficient (Wildman–Crippen LogP) is 3.01. The molecule has 0 aliphatic heterocycles. The summed E-state index contributed by atoms with van der Waals surface area (Å²) in [6.45, 7) is 2.32. The van der Waals surface area contributed by atoms with E-state index in [9.17, 15) is 9.59 Å². The Bertz CT molecular complexity index is 704. The number of halogens is 1. The number of amides is 2. The molecule has 0 aliphatic carbocycles. The molecule has 0 aliphatic rings. The van der Waals surface area contributed by atoms with Gasteiger partial charge in [-0.25, -0.2) is 0 Å². The fourth-order valence-electron chi connectivity index (χ4n) is 2.34. The van der Waals surface area contributed by atoms with Crippen molar-refractivity contribution in [2.75, 3.05) is 6.54 Å². The molecule has 5 nitrogen and oxygen atoms in total. The fourth-order valence-corrected chi connectivity index (χ4v) is 2.47. The minimum absolute atomic E-state index is 0.103. The van der Waals surface area contributed by atoms with Crippen molar-refractivity contribution >= 4 is 23.4 Å². The second-order valence-electron chi connectivity index (χ2n) is 5.68. The lowest BCUT2D eigenvalue weighted by atomic mass is 10.2. The SMILES string of the molecule is CC(Oc1ccc(Cl)cc1)C(=O)N(CCC(N)=O)Cc1ccccc1. The third-order valence-electron chi connectivity index (χ3n) is 3.63. The number of nitrogens with two attached hydrogens (primary N) is 1. The van der Waals surface area contributed by atoms with Crippen molar-refractivity contribution in [2.24, 2.45) is 5.73 Å². The van der Waals surface area contributed by atoms with E-state index in [1.807, 2.05) is 30.3 Å². The van der Waals surface area contributed by atoms with Crippen molar-refractivity contribution in [3.05, 3.63) is 65.2 Å². The van der Waals surface area contributed by atoms with Crippen LogP contribution in [0.1, 0.15) is 18.9 Å². The highest BCUT2D eigenvalue weighted by atomic mass is 35.5. The predicted molar refractivity (Wildman–Crippen MR) is 97.2 cm³/mol. The van der Waals surface area contributed by atoms with Gasteiger partial charge in [0.05, 0.1) is 0 Å². The molecule has 2 amide bonds. The van der Waals surface area contributed by atoms with Crippen molar-refractivity contribution in [3.8, 4) is 5.75 Å². The highest BCUT2D eigenvalue weighted by Crippen LogP contribution is 2.18. The van der Waals surface area contributed by atoms with E-state index in [-0.39, 0.29) is 18.9 Å². The first-order chi connectivity index (χ1) is 12.0. The minimum Gasteiger partial charge on any atom is -0.481 e. The number of ether oxygens (including phenoxy) is 1. The molecule has 0 bridgehead atoms. The maximum absolute atomic E-state index is 12.8. The Morgan fingerprint density at radius 3 is 2.36 bits per heavy atom. The van der Waals surface area contributed by atoms with Crippen LogP contribution in [0.15, 0.2) is 54.6 Å². The molecule has 0 spiro atoms. The molecule has 2 rings (SSSR count). The molecule has 0 aromatic heterocycles. The summed E-state index contributed by atoms with van der Waals surface area (Å²) in [5.41, 5.74) is 6.20. The van der Waals surface area contributed by atoms with Gasteiger partial charge in [0.2, 0.25) is 5.91 Å². The number of nitrogens with zero attached hydrogens (tertiary/aromatic N) is 1. The Balaban J connectivity index is 2.06. The number of primary amides is 1. The number of benzene rings is 2. The van der Waals surface area contributed by atoms with Crippen LogP contribution in [-0.2, 0) is 16.1 Å². The first-order valence-corrected chi connectivity index (χ1v) is 8.36. The number of rotatable bonds is 8. The van der Waals surface area contributed by atoms with Gasteiger partial charge in [-0.2, -0.15) is 0 Å². The van der Waals surface area contributed by atoms with Crippen molar-refractivity contribution in [1.82, 2.24) is 4.90 Å². The topological polar surface area (TPSA) is 72.6 Å². The summed E-state index contributed by atoms with van der Waals surface area (Å²) in [6, 6.07) is 16.4. The molecular formula is C19H21ClN2O3. The first-order valence-electron chi connectivity index (χ1n) is 7.99. The molecule has 132 valence electrons. The van der Waals surface area contributed by atoms with E-state index in [1.54, 1.807) is 36.1 Å². The van der Waals surface area contributed by atoms with Gasteiger partial charge in [-0.15, -0.1) is 0 Å². The van der Waals surface area contributed by atoms with Gasteiger partial charge in [0.25, 0.3) is 5.91 Å². The lowest BCUT2D eigenvalue weighted by molar-refractivity contribution is -0.139. The van der Waals surface area contributed by atoms with E-state index >= 15 is 0 Å². The number of hydrogen-bond acceptors (Lipinski definition) is 3. The lowest BCUT2D eigenvalue weighted by Crippen LogP contribution is -2.41. The Morgan fingerprint density at radius 2 is 1.76 bits per heavy atom. The zero-order chi connectivity index (χ0) is 18.2. The smallest absolute Gasteiger partial charge is 0.263 e. The first kappa shape index (κ1) is 18.8. The van der Waals surface area contributed by atoms with Crippen LogP contribution in [0.2, 0.25) is 5.02 Å². The van der Waals surface area contributed by atoms with Crippen LogP contribution in [0.5, 0.6) is 5.75 Å². The Morgan fingerprint density at radius 1 is 1.12 bits per heavy atom. The van der Waals surface area contributed by atoms with Gasteiger partial charge in [0.15, 0.2) is 6.10 Å². The zero-order valence-electron chi connectivity index (χ0n) is 14.0. The molecule has 1 unspecified atom stereocenters. The summed E-state index contributed by atoms with van der Waals surface area (Å²) in [6.07, 6.45) is -0.593. The molecule has 0 radical (unpaired) electrons. The average Bonchev–Trinajstić information content (AvgIpc) is 2.60. The Labute approximate surface area is 152 Å². The molecule has 25 heavy (non-hydrogen) atoms. The monoisotopic (exact) mass is 360 g/mol. The van der Waals surface area contributed by atoms with E-state index < -0.39 is 12.0 Å². The van der Waals surface area contributed by atoms with Crippen LogP contribution in [-0.4, -0.2) is 29.4 Å². The van der Waals surface area contributed by atoms with Crippen LogP contribution in [0.4, 0.5) is 0 Å². The highest BCUT2D eigenvalue weighted by Gasteiger charge is 2.22. The second kappa shape index (κ2) is 9.08. The molecular weight excluding hydrogens is 340 g/mol. The van der Waals surface area contributed by atoms with Crippen LogP contribution < -0.4 is 10.5 Å². The van der Waals surface area contributed by atoms with Gasteiger partial charge >= 0.3 is 0 Å².